The minimum atomic E-state index is 0.543. The highest BCUT2D eigenvalue weighted by Crippen LogP contribution is 2.25. The lowest BCUT2D eigenvalue weighted by Gasteiger charge is -2.16. The van der Waals surface area contributed by atoms with Gasteiger partial charge >= 0.3 is 0 Å². The summed E-state index contributed by atoms with van der Waals surface area (Å²) >= 11 is 0. The van der Waals surface area contributed by atoms with Gasteiger partial charge < -0.3 is 4.74 Å². The van der Waals surface area contributed by atoms with Gasteiger partial charge in [0.05, 0.1) is 12.2 Å². The quantitative estimate of drug-likeness (QED) is 0.485. The first-order chi connectivity index (χ1) is 5.45. The monoisotopic (exact) mass is 152 g/mol. The molecule has 2 aliphatic heterocycles. The maximum Gasteiger partial charge on any atom is 0.0613 e. The van der Waals surface area contributed by atoms with Gasteiger partial charge in [-0.25, -0.2) is 0 Å². The molecule has 0 aromatic heterocycles. The Labute approximate surface area is 68.4 Å². The number of hydrogen-bond acceptors (Lipinski definition) is 1. The van der Waals surface area contributed by atoms with Crippen molar-refractivity contribution in [3.8, 4) is 0 Å². The van der Waals surface area contributed by atoms with Crippen LogP contribution in [0.1, 0.15) is 38.5 Å². The van der Waals surface area contributed by atoms with Crippen LogP contribution in [0.3, 0.4) is 0 Å². The molecule has 0 aromatic rings. The Kier molecular flexibility index (Phi) is 2.27. The van der Waals surface area contributed by atoms with Gasteiger partial charge in [-0.1, -0.05) is 25.0 Å². The average Bonchev–Trinajstić information content (AvgIpc) is 2.36. The topological polar surface area (TPSA) is 9.23 Å². The summed E-state index contributed by atoms with van der Waals surface area (Å²) in [5.74, 6) is 0. The highest BCUT2D eigenvalue weighted by molar-refractivity contribution is 4.91. The third-order valence-electron chi connectivity index (χ3n) is 2.65. The van der Waals surface area contributed by atoms with E-state index in [1.54, 1.807) is 0 Å². The number of fused-ring (bicyclic) bond motifs is 2. The smallest absolute Gasteiger partial charge is 0.0613 e. The third-order valence-corrected chi connectivity index (χ3v) is 2.65. The van der Waals surface area contributed by atoms with Crippen molar-refractivity contribution in [2.45, 2.75) is 50.7 Å². The summed E-state index contributed by atoms with van der Waals surface area (Å²) in [7, 11) is 0. The molecule has 0 spiro atoms. The molecular weight excluding hydrogens is 136 g/mol. The zero-order valence-electron chi connectivity index (χ0n) is 6.96. The SMILES string of the molecule is C1=CCC2CCCCC(C1)O2. The highest BCUT2D eigenvalue weighted by Gasteiger charge is 2.20. The molecule has 2 bridgehead atoms. The lowest BCUT2D eigenvalue weighted by atomic mass is 10.1. The van der Waals surface area contributed by atoms with Crippen molar-refractivity contribution in [1.29, 1.82) is 0 Å². The molecule has 0 saturated carbocycles. The van der Waals surface area contributed by atoms with E-state index in [1.807, 2.05) is 0 Å². The average molecular weight is 152 g/mol. The van der Waals surface area contributed by atoms with Crippen molar-refractivity contribution < 1.29 is 4.74 Å². The summed E-state index contributed by atoms with van der Waals surface area (Å²) in [5, 5.41) is 0. The zero-order chi connectivity index (χ0) is 7.52. The van der Waals surface area contributed by atoms with Crippen LogP contribution in [0.25, 0.3) is 0 Å². The summed E-state index contributed by atoms with van der Waals surface area (Å²) < 4.78 is 5.91. The second-order valence-electron chi connectivity index (χ2n) is 3.61. The standard InChI is InChI=1S/C10H16O/c1-2-6-10-8-4-3-7-9(5-1)11-10/h1-2,9-10H,3-8H2. The Morgan fingerprint density at radius 3 is 2.00 bits per heavy atom. The van der Waals surface area contributed by atoms with E-state index in [9.17, 15) is 0 Å². The molecule has 11 heavy (non-hydrogen) atoms. The lowest BCUT2D eigenvalue weighted by Crippen LogP contribution is -2.16. The summed E-state index contributed by atoms with van der Waals surface area (Å²) in [5.41, 5.74) is 0. The van der Waals surface area contributed by atoms with E-state index in [2.05, 4.69) is 12.2 Å². The van der Waals surface area contributed by atoms with Crippen LogP contribution >= 0.6 is 0 Å². The van der Waals surface area contributed by atoms with Crippen LogP contribution in [-0.2, 0) is 4.74 Å². The molecule has 0 amide bonds. The lowest BCUT2D eigenvalue weighted by molar-refractivity contribution is -0.000439. The molecule has 1 nitrogen and oxygen atoms in total. The molecular formula is C10H16O. The fourth-order valence-corrected chi connectivity index (χ4v) is 2.00. The molecule has 2 atom stereocenters. The van der Waals surface area contributed by atoms with Gasteiger partial charge in [-0.15, -0.1) is 0 Å². The minimum absolute atomic E-state index is 0.543. The summed E-state index contributed by atoms with van der Waals surface area (Å²) in [6.45, 7) is 0. The van der Waals surface area contributed by atoms with E-state index < -0.39 is 0 Å². The van der Waals surface area contributed by atoms with Gasteiger partial charge in [-0.3, -0.25) is 0 Å². The van der Waals surface area contributed by atoms with Crippen molar-refractivity contribution in [2.75, 3.05) is 0 Å². The Morgan fingerprint density at radius 1 is 0.909 bits per heavy atom. The van der Waals surface area contributed by atoms with Crippen LogP contribution in [0.2, 0.25) is 0 Å². The maximum absolute atomic E-state index is 5.91. The number of rotatable bonds is 0. The molecule has 2 rings (SSSR count). The molecule has 0 aromatic carbocycles. The first-order valence-electron chi connectivity index (χ1n) is 4.75. The van der Waals surface area contributed by atoms with Gasteiger partial charge in [0.1, 0.15) is 0 Å². The van der Waals surface area contributed by atoms with Gasteiger partial charge in [-0.05, 0) is 25.7 Å². The van der Waals surface area contributed by atoms with Crippen molar-refractivity contribution in [3.63, 3.8) is 0 Å². The maximum atomic E-state index is 5.91. The molecule has 2 aliphatic rings. The second kappa shape index (κ2) is 3.40. The summed E-state index contributed by atoms with van der Waals surface area (Å²) in [6.07, 6.45) is 13.3. The predicted octanol–water partition coefficient (Wildman–Crippen LogP) is 2.66. The van der Waals surface area contributed by atoms with Gasteiger partial charge in [0.25, 0.3) is 0 Å². The molecule has 62 valence electrons. The Morgan fingerprint density at radius 2 is 1.45 bits per heavy atom. The van der Waals surface area contributed by atoms with Crippen molar-refractivity contribution in [2.24, 2.45) is 0 Å². The summed E-state index contributed by atoms with van der Waals surface area (Å²) in [4.78, 5) is 0. The molecule has 1 fully saturated rings. The van der Waals surface area contributed by atoms with Crippen molar-refractivity contribution >= 4 is 0 Å². The fraction of sp³-hybridized carbons (Fsp3) is 0.800. The van der Waals surface area contributed by atoms with Gasteiger partial charge in [0.2, 0.25) is 0 Å². The first-order valence-corrected chi connectivity index (χ1v) is 4.75. The van der Waals surface area contributed by atoms with Crippen LogP contribution in [0.15, 0.2) is 12.2 Å². The van der Waals surface area contributed by atoms with Gasteiger partial charge in [0.15, 0.2) is 0 Å². The van der Waals surface area contributed by atoms with Gasteiger partial charge in [-0.2, -0.15) is 0 Å². The molecule has 2 unspecified atom stereocenters. The van der Waals surface area contributed by atoms with Crippen molar-refractivity contribution in [3.05, 3.63) is 12.2 Å². The van der Waals surface area contributed by atoms with E-state index in [0.29, 0.717) is 12.2 Å². The van der Waals surface area contributed by atoms with E-state index in [-0.39, 0.29) is 0 Å². The minimum Gasteiger partial charge on any atom is -0.374 e. The first kappa shape index (κ1) is 7.35. The van der Waals surface area contributed by atoms with E-state index in [1.165, 1.54) is 25.7 Å². The molecule has 0 radical (unpaired) electrons. The van der Waals surface area contributed by atoms with E-state index in [4.69, 9.17) is 4.74 Å². The largest absolute Gasteiger partial charge is 0.374 e. The summed E-state index contributed by atoms with van der Waals surface area (Å²) in [6, 6.07) is 0. The predicted molar refractivity (Wildman–Crippen MR) is 45.5 cm³/mol. The van der Waals surface area contributed by atoms with Crippen LogP contribution in [-0.4, -0.2) is 12.2 Å². The van der Waals surface area contributed by atoms with E-state index >= 15 is 0 Å². The van der Waals surface area contributed by atoms with Crippen LogP contribution < -0.4 is 0 Å². The normalized spacial score (nSPS) is 37.8. The molecule has 2 heterocycles. The molecule has 0 aliphatic carbocycles. The Balaban J connectivity index is 2.03. The fourth-order valence-electron chi connectivity index (χ4n) is 2.00. The van der Waals surface area contributed by atoms with E-state index in [0.717, 1.165) is 12.8 Å². The second-order valence-corrected chi connectivity index (χ2v) is 3.61. The van der Waals surface area contributed by atoms with Crippen LogP contribution in [0, 0.1) is 0 Å². The Bertz CT molecular complexity index is 135. The zero-order valence-corrected chi connectivity index (χ0v) is 6.96. The number of ether oxygens (including phenoxy) is 1. The molecule has 1 heteroatoms. The van der Waals surface area contributed by atoms with Crippen molar-refractivity contribution in [1.82, 2.24) is 0 Å². The molecule has 1 saturated heterocycles. The molecule has 0 N–H and O–H groups in total. The van der Waals surface area contributed by atoms with Crippen LogP contribution in [0.4, 0.5) is 0 Å². The van der Waals surface area contributed by atoms with Crippen LogP contribution in [0.5, 0.6) is 0 Å². The van der Waals surface area contributed by atoms with Gasteiger partial charge in [0, 0.05) is 0 Å². The Hall–Kier alpha value is -0.300. The third kappa shape index (κ3) is 1.84. The number of hydrogen-bond donors (Lipinski definition) is 0. The highest BCUT2D eigenvalue weighted by atomic mass is 16.5.